The molecule has 110 valence electrons. The number of nitrogens with zero attached hydrogens (tertiary/aromatic N) is 4. The second-order valence-electron chi connectivity index (χ2n) is 4.53. The van der Waals surface area contributed by atoms with Crippen molar-refractivity contribution in [3.8, 4) is 5.75 Å². The van der Waals surface area contributed by atoms with Crippen molar-refractivity contribution in [2.24, 2.45) is 0 Å². The zero-order valence-electron chi connectivity index (χ0n) is 11.8. The molecule has 1 N–H and O–H groups in total. The van der Waals surface area contributed by atoms with E-state index in [0.29, 0.717) is 6.61 Å². The summed E-state index contributed by atoms with van der Waals surface area (Å²) in [5, 5.41) is 12.0. The van der Waals surface area contributed by atoms with Crippen LogP contribution in [0.1, 0.15) is 13.3 Å². The Bertz CT molecular complexity index is 695. The summed E-state index contributed by atoms with van der Waals surface area (Å²) in [5.41, 5.74) is 1.00. The number of aromatic nitrogens is 4. The van der Waals surface area contributed by atoms with Crippen molar-refractivity contribution in [3.63, 3.8) is 0 Å². The molecule has 3 rings (SSSR count). The number of hydrogen-bond acceptors (Lipinski definition) is 6. The molecule has 0 radical (unpaired) electrons. The minimum absolute atomic E-state index is 0.678. The van der Waals surface area contributed by atoms with E-state index < -0.39 is 0 Å². The van der Waals surface area contributed by atoms with E-state index in [0.717, 1.165) is 40.6 Å². The molecule has 2 heterocycles. The van der Waals surface area contributed by atoms with Crippen molar-refractivity contribution < 1.29 is 4.74 Å². The second kappa shape index (κ2) is 6.53. The molecule has 6 nitrogen and oxygen atoms in total. The Kier molecular flexibility index (Phi) is 4.30. The quantitative estimate of drug-likeness (QED) is 0.680. The van der Waals surface area contributed by atoms with Crippen molar-refractivity contribution in [2.45, 2.75) is 19.9 Å². The Morgan fingerprint density at radius 1 is 1.38 bits per heavy atom. The van der Waals surface area contributed by atoms with Crippen LogP contribution in [0.4, 0.5) is 5.13 Å². The minimum atomic E-state index is 0.678. The monoisotopic (exact) mass is 303 g/mol. The standard InChI is InChI=1S/C14H17N5OS/c1-2-20-11-4-5-12-13(10-11)21-14(17-12)15-6-3-8-19-9-7-16-18-19/h4-5,7,9-10H,2-3,6,8H2,1H3,(H,15,17). The lowest BCUT2D eigenvalue weighted by Crippen LogP contribution is -2.07. The zero-order chi connectivity index (χ0) is 14.5. The first-order chi connectivity index (χ1) is 10.3. The summed E-state index contributed by atoms with van der Waals surface area (Å²) in [6.07, 6.45) is 4.54. The number of aryl methyl sites for hydroxylation is 1. The Morgan fingerprint density at radius 2 is 2.33 bits per heavy atom. The number of rotatable bonds is 7. The van der Waals surface area contributed by atoms with Gasteiger partial charge in [0.05, 0.1) is 23.0 Å². The van der Waals surface area contributed by atoms with Crippen LogP contribution in [0.2, 0.25) is 0 Å². The van der Waals surface area contributed by atoms with Gasteiger partial charge in [-0.2, -0.15) is 0 Å². The summed E-state index contributed by atoms with van der Waals surface area (Å²) < 4.78 is 8.47. The van der Waals surface area contributed by atoms with Gasteiger partial charge in [0.2, 0.25) is 0 Å². The lowest BCUT2D eigenvalue weighted by molar-refractivity contribution is 0.341. The predicted octanol–water partition coefficient (Wildman–Crippen LogP) is 2.79. The third-order valence-electron chi connectivity index (χ3n) is 2.98. The lowest BCUT2D eigenvalue weighted by Gasteiger charge is -2.01. The largest absolute Gasteiger partial charge is 0.494 e. The van der Waals surface area contributed by atoms with Crippen molar-refractivity contribution in [3.05, 3.63) is 30.6 Å². The van der Waals surface area contributed by atoms with Crippen LogP contribution in [-0.4, -0.2) is 33.1 Å². The van der Waals surface area contributed by atoms with Crippen LogP contribution >= 0.6 is 11.3 Å². The highest BCUT2D eigenvalue weighted by Gasteiger charge is 2.04. The van der Waals surface area contributed by atoms with Crippen molar-refractivity contribution in [1.82, 2.24) is 20.0 Å². The summed E-state index contributed by atoms with van der Waals surface area (Å²) in [6, 6.07) is 5.99. The lowest BCUT2D eigenvalue weighted by atomic mass is 10.3. The van der Waals surface area contributed by atoms with Crippen LogP contribution in [0.3, 0.4) is 0 Å². The fourth-order valence-corrected chi connectivity index (χ4v) is 2.95. The first-order valence-corrected chi connectivity index (χ1v) is 7.78. The van der Waals surface area contributed by atoms with E-state index in [9.17, 15) is 0 Å². The first kappa shape index (κ1) is 13.8. The summed E-state index contributed by atoms with van der Waals surface area (Å²) in [7, 11) is 0. The minimum Gasteiger partial charge on any atom is -0.494 e. The number of hydrogen-bond donors (Lipinski definition) is 1. The summed E-state index contributed by atoms with van der Waals surface area (Å²) in [4.78, 5) is 4.57. The van der Waals surface area contributed by atoms with E-state index in [4.69, 9.17) is 4.74 Å². The predicted molar refractivity (Wildman–Crippen MR) is 83.9 cm³/mol. The zero-order valence-corrected chi connectivity index (χ0v) is 12.6. The molecule has 0 aliphatic rings. The van der Waals surface area contributed by atoms with Crippen LogP contribution in [-0.2, 0) is 6.54 Å². The van der Waals surface area contributed by atoms with Crippen molar-refractivity contribution >= 4 is 26.7 Å². The summed E-state index contributed by atoms with van der Waals surface area (Å²) >= 11 is 1.65. The van der Waals surface area contributed by atoms with Crippen LogP contribution in [0.15, 0.2) is 30.6 Å². The van der Waals surface area contributed by atoms with Gasteiger partial charge in [0.1, 0.15) is 5.75 Å². The van der Waals surface area contributed by atoms with Gasteiger partial charge in [-0.25, -0.2) is 4.98 Å². The average Bonchev–Trinajstić information content (AvgIpc) is 3.12. The van der Waals surface area contributed by atoms with Gasteiger partial charge < -0.3 is 10.1 Å². The third kappa shape index (κ3) is 3.49. The van der Waals surface area contributed by atoms with Gasteiger partial charge in [-0.05, 0) is 31.5 Å². The highest BCUT2D eigenvalue weighted by atomic mass is 32.1. The molecule has 0 amide bonds. The fraction of sp³-hybridized carbons (Fsp3) is 0.357. The van der Waals surface area contributed by atoms with E-state index in [-0.39, 0.29) is 0 Å². The van der Waals surface area contributed by atoms with Gasteiger partial charge in [0.15, 0.2) is 5.13 Å². The number of thiazole rings is 1. The molecular formula is C14H17N5OS. The Labute approximate surface area is 126 Å². The molecule has 0 aliphatic heterocycles. The molecule has 1 aromatic carbocycles. The van der Waals surface area contributed by atoms with Gasteiger partial charge in [0, 0.05) is 19.3 Å². The van der Waals surface area contributed by atoms with E-state index in [1.807, 2.05) is 36.0 Å². The molecule has 0 bridgehead atoms. The molecule has 0 saturated heterocycles. The topological polar surface area (TPSA) is 64.9 Å². The smallest absolute Gasteiger partial charge is 0.183 e. The van der Waals surface area contributed by atoms with E-state index >= 15 is 0 Å². The molecule has 0 atom stereocenters. The van der Waals surface area contributed by atoms with E-state index in [1.54, 1.807) is 17.5 Å². The molecule has 0 unspecified atom stereocenters. The number of benzene rings is 1. The maximum atomic E-state index is 5.51. The average molecular weight is 303 g/mol. The van der Waals surface area contributed by atoms with Gasteiger partial charge in [-0.3, -0.25) is 4.68 Å². The van der Waals surface area contributed by atoms with Crippen molar-refractivity contribution in [1.29, 1.82) is 0 Å². The Hall–Kier alpha value is -2.15. The Morgan fingerprint density at radius 3 is 3.14 bits per heavy atom. The molecule has 7 heteroatoms. The Balaban J connectivity index is 1.56. The maximum absolute atomic E-state index is 5.51. The van der Waals surface area contributed by atoms with Crippen molar-refractivity contribution in [2.75, 3.05) is 18.5 Å². The van der Waals surface area contributed by atoms with Crippen LogP contribution in [0.5, 0.6) is 5.75 Å². The highest BCUT2D eigenvalue weighted by Crippen LogP contribution is 2.29. The SMILES string of the molecule is CCOc1ccc2nc(NCCCn3ccnn3)sc2c1. The first-order valence-electron chi connectivity index (χ1n) is 6.96. The normalized spacial score (nSPS) is 10.9. The summed E-state index contributed by atoms with van der Waals surface area (Å²) in [6.45, 7) is 4.38. The number of ether oxygens (including phenoxy) is 1. The molecule has 2 aromatic heterocycles. The summed E-state index contributed by atoms with van der Waals surface area (Å²) in [5.74, 6) is 0.895. The van der Waals surface area contributed by atoms with Gasteiger partial charge in [-0.1, -0.05) is 16.6 Å². The number of anilines is 1. The van der Waals surface area contributed by atoms with Crippen LogP contribution in [0, 0.1) is 0 Å². The highest BCUT2D eigenvalue weighted by molar-refractivity contribution is 7.22. The van der Waals surface area contributed by atoms with Gasteiger partial charge in [0.25, 0.3) is 0 Å². The van der Waals surface area contributed by atoms with E-state index in [2.05, 4.69) is 20.6 Å². The number of fused-ring (bicyclic) bond motifs is 1. The molecule has 0 saturated carbocycles. The molecule has 21 heavy (non-hydrogen) atoms. The molecular weight excluding hydrogens is 286 g/mol. The van der Waals surface area contributed by atoms with Gasteiger partial charge in [-0.15, -0.1) is 5.10 Å². The molecule has 3 aromatic rings. The fourth-order valence-electron chi connectivity index (χ4n) is 2.03. The molecule has 0 fully saturated rings. The van der Waals surface area contributed by atoms with Gasteiger partial charge >= 0.3 is 0 Å². The molecule has 0 aliphatic carbocycles. The number of nitrogens with one attached hydrogen (secondary N) is 1. The maximum Gasteiger partial charge on any atom is 0.183 e. The third-order valence-corrected chi connectivity index (χ3v) is 3.96. The molecule has 0 spiro atoms. The van der Waals surface area contributed by atoms with E-state index in [1.165, 1.54) is 0 Å². The van der Waals surface area contributed by atoms with Crippen LogP contribution < -0.4 is 10.1 Å². The van der Waals surface area contributed by atoms with Crippen LogP contribution in [0.25, 0.3) is 10.2 Å². The second-order valence-corrected chi connectivity index (χ2v) is 5.56.